The van der Waals surface area contributed by atoms with Crippen molar-refractivity contribution in [2.24, 2.45) is 0 Å². The Kier molecular flexibility index (Phi) is 5.27. The standard InChI is InChI=1S/C17H15N3O2/c18-12-11-16(21)20(13-14-7-3-1-4-8-14)17(22)19-15-9-5-2-6-10-15/h1-10H,11,13H2,(H,19,22). The van der Waals surface area contributed by atoms with Crippen LogP contribution in [0.1, 0.15) is 12.0 Å². The minimum Gasteiger partial charge on any atom is -0.307 e. The number of benzene rings is 2. The minimum absolute atomic E-state index is 0.125. The Hall–Kier alpha value is -3.13. The minimum atomic E-state index is -0.546. The molecule has 0 aliphatic heterocycles. The zero-order valence-electron chi connectivity index (χ0n) is 11.9. The molecule has 0 unspecified atom stereocenters. The lowest BCUT2D eigenvalue weighted by atomic mass is 10.2. The number of hydrogen-bond donors (Lipinski definition) is 1. The Morgan fingerprint density at radius 3 is 2.18 bits per heavy atom. The molecule has 5 heteroatoms. The van der Waals surface area contributed by atoms with Crippen molar-refractivity contribution in [3.8, 4) is 6.07 Å². The van der Waals surface area contributed by atoms with E-state index in [1.54, 1.807) is 30.3 Å². The van der Waals surface area contributed by atoms with Gasteiger partial charge in [0.1, 0.15) is 6.42 Å². The van der Waals surface area contributed by atoms with Crippen LogP contribution in [0.4, 0.5) is 10.5 Å². The number of carbonyl (C=O) groups excluding carboxylic acids is 2. The predicted octanol–water partition coefficient (Wildman–Crippen LogP) is 3.16. The number of para-hydroxylation sites is 1. The molecule has 0 saturated carbocycles. The van der Waals surface area contributed by atoms with Gasteiger partial charge >= 0.3 is 6.03 Å². The van der Waals surface area contributed by atoms with Crippen LogP contribution < -0.4 is 5.32 Å². The maximum atomic E-state index is 12.3. The molecule has 0 aliphatic carbocycles. The van der Waals surface area contributed by atoms with Gasteiger partial charge in [-0.2, -0.15) is 5.26 Å². The Labute approximate surface area is 128 Å². The first-order valence-corrected chi connectivity index (χ1v) is 6.78. The summed E-state index contributed by atoms with van der Waals surface area (Å²) in [6.45, 7) is 0.125. The average Bonchev–Trinajstić information content (AvgIpc) is 2.54. The molecular formula is C17H15N3O2. The fourth-order valence-corrected chi connectivity index (χ4v) is 1.91. The quantitative estimate of drug-likeness (QED) is 0.941. The van der Waals surface area contributed by atoms with Crippen molar-refractivity contribution in [1.82, 2.24) is 4.90 Å². The summed E-state index contributed by atoms with van der Waals surface area (Å²) in [5, 5.41) is 11.4. The zero-order chi connectivity index (χ0) is 15.8. The van der Waals surface area contributed by atoms with Gasteiger partial charge in [0, 0.05) is 5.69 Å². The molecule has 1 N–H and O–H groups in total. The predicted molar refractivity (Wildman–Crippen MR) is 82.7 cm³/mol. The first-order valence-electron chi connectivity index (χ1n) is 6.78. The SMILES string of the molecule is N#CCC(=O)N(Cc1ccccc1)C(=O)Nc1ccccc1. The summed E-state index contributed by atoms with van der Waals surface area (Å²) in [6, 6.07) is 19.3. The number of rotatable bonds is 4. The van der Waals surface area contributed by atoms with E-state index in [4.69, 9.17) is 5.26 Å². The average molecular weight is 293 g/mol. The highest BCUT2D eigenvalue weighted by atomic mass is 16.2. The molecule has 0 heterocycles. The fraction of sp³-hybridized carbons (Fsp3) is 0.118. The molecule has 0 aliphatic rings. The summed E-state index contributed by atoms with van der Waals surface area (Å²) in [6.07, 6.45) is -0.338. The van der Waals surface area contributed by atoms with Crippen LogP contribution in [0, 0.1) is 11.3 Å². The lowest BCUT2D eigenvalue weighted by Gasteiger charge is -2.20. The fourth-order valence-electron chi connectivity index (χ4n) is 1.91. The van der Waals surface area contributed by atoms with Crippen molar-refractivity contribution in [1.29, 1.82) is 5.26 Å². The van der Waals surface area contributed by atoms with E-state index in [1.165, 1.54) is 0 Å². The largest absolute Gasteiger partial charge is 0.328 e. The van der Waals surface area contributed by atoms with E-state index >= 15 is 0 Å². The van der Waals surface area contributed by atoms with Crippen molar-refractivity contribution < 1.29 is 9.59 Å². The molecule has 0 radical (unpaired) electrons. The molecule has 3 amide bonds. The Morgan fingerprint density at radius 2 is 1.59 bits per heavy atom. The van der Waals surface area contributed by atoms with E-state index < -0.39 is 11.9 Å². The van der Waals surface area contributed by atoms with Crippen LogP contribution in [0.5, 0.6) is 0 Å². The molecule has 5 nitrogen and oxygen atoms in total. The van der Waals surface area contributed by atoms with Crippen molar-refractivity contribution in [2.75, 3.05) is 5.32 Å². The van der Waals surface area contributed by atoms with Crippen molar-refractivity contribution >= 4 is 17.6 Å². The van der Waals surface area contributed by atoms with E-state index in [0.29, 0.717) is 5.69 Å². The van der Waals surface area contributed by atoms with Gasteiger partial charge in [-0.15, -0.1) is 0 Å². The summed E-state index contributed by atoms with van der Waals surface area (Å²) >= 11 is 0. The van der Waals surface area contributed by atoms with E-state index in [0.717, 1.165) is 10.5 Å². The summed E-state index contributed by atoms with van der Waals surface area (Å²) in [4.78, 5) is 25.4. The van der Waals surface area contributed by atoms with Gasteiger partial charge in [0.05, 0.1) is 12.6 Å². The molecule has 0 aromatic heterocycles. The smallest absolute Gasteiger partial charge is 0.307 e. The summed E-state index contributed by atoms with van der Waals surface area (Å²) in [7, 11) is 0. The second-order valence-electron chi connectivity index (χ2n) is 4.60. The number of nitriles is 1. The van der Waals surface area contributed by atoms with Gasteiger partial charge in [-0.25, -0.2) is 4.79 Å². The number of nitrogens with zero attached hydrogens (tertiary/aromatic N) is 2. The van der Waals surface area contributed by atoms with Gasteiger partial charge < -0.3 is 5.32 Å². The molecule has 0 spiro atoms. The van der Waals surface area contributed by atoms with E-state index in [1.807, 2.05) is 36.4 Å². The Bertz CT molecular complexity index is 678. The Morgan fingerprint density at radius 1 is 1.00 bits per heavy atom. The molecule has 0 fully saturated rings. The molecule has 2 aromatic rings. The van der Waals surface area contributed by atoms with Crippen LogP contribution in [0.15, 0.2) is 60.7 Å². The first-order chi connectivity index (χ1) is 10.7. The van der Waals surface area contributed by atoms with Gasteiger partial charge in [0.15, 0.2) is 0 Å². The van der Waals surface area contributed by atoms with Crippen molar-refractivity contribution in [3.05, 3.63) is 66.2 Å². The summed E-state index contributed by atoms with van der Waals surface area (Å²) in [5.74, 6) is -0.528. The highest BCUT2D eigenvalue weighted by Gasteiger charge is 2.21. The highest BCUT2D eigenvalue weighted by molar-refractivity contribution is 6.01. The maximum absolute atomic E-state index is 12.3. The molecule has 22 heavy (non-hydrogen) atoms. The highest BCUT2D eigenvalue weighted by Crippen LogP contribution is 2.11. The van der Waals surface area contributed by atoms with Crippen LogP contribution >= 0.6 is 0 Å². The van der Waals surface area contributed by atoms with E-state index in [-0.39, 0.29) is 13.0 Å². The van der Waals surface area contributed by atoms with E-state index in [2.05, 4.69) is 5.32 Å². The third-order valence-electron chi connectivity index (χ3n) is 2.99. The van der Waals surface area contributed by atoms with Crippen LogP contribution in [0.2, 0.25) is 0 Å². The van der Waals surface area contributed by atoms with Gasteiger partial charge in [-0.05, 0) is 17.7 Å². The number of hydrogen-bond acceptors (Lipinski definition) is 3. The summed E-state index contributed by atoms with van der Waals surface area (Å²) in [5.41, 5.74) is 1.41. The number of urea groups is 1. The molecule has 0 saturated heterocycles. The molecule has 110 valence electrons. The third-order valence-corrected chi connectivity index (χ3v) is 2.99. The van der Waals surface area contributed by atoms with Gasteiger partial charge in [0.2, 0.25) is 5.91 Å². The molecular weight excluding hydrogens is 278 g/mol. The number of imide groups is 1. The van der Waals surface area contributed by atoms with Gasteiger partial charge in [0.25, 0.3) is 0 Å². The second-order valence-corrected chi connectivity index (χ2v) is 4.60. The lowest BCUT2D eigenvalue weighted by Crippen LogP contribution is -2.39. The molecule has 2 rings (SSSR count). The van der Waals surface area contributed by atoms with Crippen LogP contribution in [0.25, 0.3) is 0 Å². The topological polar surface area (TPSA) is 73.2 Å². The lowest BCUT2D eigenvalue weighted by molar-refractivity contribution is -0.127. The number of nitrogens with one attached hydrogen (secondary N) is 1. The molecule has 2 aromatic carbocycles. The Balaban J connectivity index is 2.15. The third kappa shape index (κ3) is 4.18. The second kappa shape index (κ2) is 7.60. The number of carbonyl (C=O) groups is 2. The summed E-state index contributed by atoms with van der Waals surface area (Å²) < 4.78 is 0. The number of anilines is 1. The molecule has 0 atom stereocenters. The van der Waals surface area contributed by atoms with Crippen LogP contribution in [-0.2, 0) is 11.3 Å². The molecule has 0 bridgehead atoms. The number of amides is 3. The monoisotopic (exact) mass is 293 g/mol. The van der Waals surface area contributed by atoms with Crippen LogP contribution in [0.3, 0.4) is 0 Å². The van der Waals surface area contributed by atoms with E-state index in [9.17, 15) is 9.59 Å². The van der Waals surface area contributed by atoms with Crippen LogP contribution in [-0.4, -0.2) is 16.8 Å². The van der Waals surface area contributed by atoms with Gasteiger partial charge in [-0.3, -0.25) is 9.69 Å². The van der Waals surface area contributed by atoms with Gasteiger partial charge in [-0.1, -0.05) is 48.5 Å². The van der Waals surface area contributed by atoms with Crippen molar-refractivity contribution in [3.63, 3.8) is 0 Å². The first kappa shape index (κ1) is 15.3. The van der Waals surface area contributed by atoms with Crippen molar-refractivity contribution in [2.45, 2.75) is 13.0 Å². The zero-order valence-corrected chi connectivity index (χ0v) is 11.9. The normalized spacial score (nSPS) is 9.59. The maximum Gasteiger partial charge on any atom is 0.328 e.